The van der Waals surface area contributed by atoms with Gasteiger partial charge in [0.2, 0.25) is 0 Å². The molecular formula is C30H35NSi. The van der Waals surface area contributed by atoms with Crippen molar-refractivity contribution < 1.29 is 0 Å². The lowest BCUT2D eigenvalue weighted by Gasteiger charge is -2.44. The van der Waals surface area contributed by atoms with E-state index in [1.807, 2.05) is 0 Å². The van der Waals surface area contributed by atoms with Crippen LogP contribution >= 0.6 is 0 Å². The largest absolute Gasteiger partial charge is 0.373 e. The van der Waals surface area contributed by atoms with E-state index in [2.05, 4.69) is 125 Å². The predicted molar refractivity (Wildman–Crippen MR) is 143 cm³/mol. The highest BCUT2D eigenvalue weighted by molar-refractivity contribution is 6.82. The smallest absolute Gasteiger partial charge is 0.169 e. The van der Waals surface area contributed by atoms with Crippen molar-refractivity contribution in [1.82, 2.24) is 4.23 Å². The third-order valence-corrected chi connectivity index (χ3v) is 14.3. The first kappa shape index (κ1) is 22.4. The van der Waals surface area contributed by atoms with Crippen molar-refractivity contribution in [2.45, 2.75) is 64.1 Å². The Bertz CT molecular complexity index is 1260. The summed E-state index contributed by atoms with van der Waals surface area (Å²) >= 11 is 0. The SMILES string of the molecule is C#C[C@@H](c1cccc2ccccc12)c1cn([Si](C(C)C)(C(C)C)C(C)C)c2ccccc12. The van der Waals surface area contributed by atoms with Gasteiger partial charge >= 0.3 is 0 Å². The van der Waals surface area contributed by atoms with Gasteiger partial charge in [-0.1, -0.05) is 108 Å². The summed E-state index contributed by atoms with van der Waals surface area (Å²) in [6.07, 6.45) is 8.70. The molecule has 4 rings (SSSR count). The molecule has 0 saturated carbocycles. The number of aromatic nitrogens is 1. The van der Waals surface area contributed by atoms with Crippen molar-refractivity contribution in [3.8, 4) is 12.3 Å². The fourth-order valence-electron chi connectivity index (χ4n) is 6.44. The average Bonchev–Trinajstić information content (AvgIpc) is 3.14. The lowest BCUT2D eigenvalue weighted by Crippen LogP contribution is -2.51. The van der Waals surface area contributed by atoms with Crippen LogP contribution < -0.4 is 0 Å². The van der Waals surface area contributed by atoms with Crippen LogP contribution in [0.25, 0.3) is 21.7 Å². The van der Waals surface area contributed by atoms with Gasteiger partial charge in [0, 0.05) is 17.1 Å². The summed E-state index contributed by atoms with van der Waals surface area (Å²) in [5.74, 6) is 3.10. The maximum atomic E-state index is 6.27. The molecule has 0 aliphatic carbocycles. The van der Waals surface area contributed by atoms with Crippen LogP contribution in [0.15, 0.2) is 72.9 Å². The lowest BCUT2D eigenvalue weighted by atomic mass is 9.88. The molecule has 4 aromatic rings. The Morgan fingerprint density at radius 1 is 0.688 bits per heavy atom. The summed E-state index contributed by atoms with van der Waals surface area (Å²) in [6, 6.07) is 24.0. The van der Waals surface area contributed by atoms with Gasteiger partial charge in [-0.2, -0.15) is 0 Å². The van der Waals surface area contributed by atoms with Crippen molar-refractivity contribution in [3.63, 3.8) is 0 Å². The molecule has 1 heterocycles. The molecule has 0 unspecified atom stereocenters. The quantitative estimate of drug-likeness (QED) is 0.210. The summed E-state index contributed by atoms with van der Waals surface area (Å²) in [7, 11) is -1.91. The van der Waals surface area contributed by atoms with E-state index < -0.39 is 8.24 Å². The van der Waals surface area contributed by atoms with Crippen LogP contribution in [0.4, 0.5) is 0 Å². The fourth-order valence-corrected chi connectivity index (χ4v) is 13.1. The highest BCUT2D eigenvalue weighted by Gasteiger charge is 2.46. The van der Waals surface area contributed by atoms with Gasteiger partial charge in [0.1, 0.15) is 0 Å². The second kappa shape index (κ2) is 8.64. The molecule has 0 bridgehead atoms. The Hall–Kier alpha value is -2.76. The molecule has 0 saturated heterocycles. The van der Waals surface area contributed by atoms with Gasteiger partial charge in [-0.05, 0) is 44.6 Å². The average molecular weight is 438 g/mol. The molecule has 3 aromatic carbocycles. The highest BCUT2D eigenvalue weighted by atomic mass is 28.3. The maximum absolute atomic E-state index is 6.27. The topological polar surface area (TPSA) is 4.93 Å². The molecule has 2 heteroatoms. The number of terminal acetylenes is 1. The summed E-state index contributed by atoms with van der Waals surface area (Å²) in [4.78, 5) is 0. The van der Waals surface area contributed by atoms with E-state index in [4.69, 9.17) is 6.42 Å². The van der Waals surface area contributed by atoms with Gasteiger partial charge in [-0.15, -0.1) is 6.42 Å². The molecule has 1 atom stereocenters. The van der Waals surface area contributed by atoms with E-state index in [1.54, 1.807) is 0 Å². The monoisotopic (exact) mass is 437 g/mol. The minimum Gasteiger partial charge on any atom is -0.373 e. The van der Waals surface area contributed by atoms with Gasteiger partial charge in [-0.25, -0.2) is 0 Å². The molecule has 164 valence electrons. The van der Waals surface area contributed by atoms with Crippen LogP contribution in [0.1, 0.15) is 58.6 Å². The van der Waals surface area contributed by atoms with Gasteiger partial charge < -0.3 is 4.23 Å². The molecule has 0 N–H and O–H groups in total. The van der Waals surface area contributed by atoms with Crippen molar-refractivity contribution in [2.24, 2.45) is 0 Å². The molecule has 0 radical (unpaired) electrons. The first-order chi connectivity index (χ1) is 15.3. The Balaban J connectivity index is 2.04. The summed E-state index contributed by atoms with van der Waals surface area (Å²) in [6.45, 7) is 14.5. The minimum absolute atomic E-state index is 0.0783. The zero-order valence-electron chi connectivity index (χ0n) is 20.3. The summed E-state index contributed by atoms with van der Waals surface area (Å²) in [5, 5.41) is 3.78. The number of hydrogen-bond donors (Lipinski definition) is 0. The Morgan fingerprint density at radius 2 is 1.25 bits per heavy atom. The van der Waals surface area contributed by atoms with E-state index in [-0.39, 0.29) is 5.92 Å². The normalized spacial score (nSPS) is 13.4. The maximum Gasteiger partial charge on any atom is 0.169 e. The van der Waals surface area contributed by atoms with E-state index in [0.717, 1.165) is 0 Å². The number of para-hydroxylation sites is 1. The molecule has 0 aliphatic heterocycles. The fraction of sp³-hybridized carbons (Fsp3) is 0.333. The lowest BCUT2D eigenvalue weighted by molar-refractivity contribution is 0.771. The molecule has 0 spiro atoms. The summed E-state index contributed by atoms with van der Waals surface area (Å²) in [5.41, 5.74) is 5.68. The predicted octanol–water partition coefficient (Wildman–Crippen LogP) is 8.58. The number of nitrogens with zero attached hydrogens (tertiary/aromatic N) is 1. The molecule has 0 fully saturated rings. The Morgan fingerprint density at radius 3 is 1.88 bits per heavy atom. The van der Waals surface area contributed by atoms with Gasteiger partial charge in [0.05, 0.1) is 5.92 Å². The Kier molecular flexibility index (Phi) is 6.06. The van der Waals surface area contributed by atoms with E-state index in [1.165, 1.54) is 32.8 Å². The van der Waals surface area contributed by atoms with Gasteiger partial charge in [0.25, 0.3) is 0 Å². The van der Waals surface area contributed by atoms with Crippen LogP contribution in [-0.4, -0.2) is 12.5 Å². The van der Waals surface area contributed by atoms with E-state index >= 15 is 0 Å². The van der Waals surface area contributed by atoms with E-state index in [9.17, 15) is 0 Å². The van der Waals surface area contributed by atoms with Crippen LogP contribution in [0, 0.1) is 12.3 Å². The molecule has 32 heavy (non-hydrogen) atoms. The number of hydrogen-bond acceptors (Lipinski definition) is 0. The molecule has 0 aliphatic rings. The molecule has 0 amide bonds. The third kappa shape index (κ3) is 3.31. The third-order valence-electron chi connectivity index (χ3n) is 7.55. The molecule has 1 aromatic heterocycles. The van der Waals surface area contributed by atoms with Crippen molar-refractivity contribution in [3.05, 3.63) is 84.1 Å². The first-order valence-electron chi connectivity index (χ1n) is 11.9. The van der Waals surface area contributed by atoms with Crippen LogP contribution in [0.5, 0.6) is 0 Å². The zero-order chi connectivity index (χ0) is 23.0. The van der Waals surface area contributed by atoms with Crippen molar-refractivity contribution in [2.75, 3.05) is 0 Å². The van der Waals surface area contributed by atoms with Crippen molar-refractivity contribution in [1.29, 1.82) is 0 Å². The van der Waals surface area contributed by atoms with Gasteiger partial charge in [-0.3, -0.25) is 0 Å². The van der Waals surface area contributed by atoms with E-state index in [0.29, 0.717) is 16.6 Å². The molecular weight excluding hydrogens is 402 g/mol. The van der Waals surface area contributed by atoms with Crippen LogP contribution in [0.2, 0.25) is 16.6 Å². The minimum atomic E-state index is -1.91. The number of fused-ring (bicyclic) bond motifs is 2. The second-order valence-corrected chi connectivity index (χ2v) is 15.7. The van der Waals surface area contributed by atoms with Crippen LogP contribution in [-0.2, 0) is 0 Å². The molecule has 1 nitrogen and oxygen atoms in total. The Labute approximate surface area is 194 Å². The highest BCUT2D eigenvalue weighted by Crippen LogP contribution is 2.46. The summed E-state index contributed by atoms with van der Waals surface area (Å²) < 4.78 is 2.70. The standard InChI is InChI=1S/C30H35NSi/c1-8-25(27-18-13-15-24-14-9-10-16-26(24)27)29-20-31(30-19-12-11-17-28(29)30)32(21(2)3,22(4)5)23(6)7/h1,9-23,25H,2-7H3/t25-/m0/s1. The number of benzene rings is 3. The number of rotatable bonds is 6. The van der Waals surface area contributed by atoms with Crippen LogP contribution in [0.3, 0.4) is 0 Å². The second-order valence-electron chi connectivity index (χ2n) is 9.99. The zero-order valence-corrected chi connectivity index (χ0v) is 21.3. The van der Waals surface area contributed by atoms with Crippen molar-refractivity contribution >= 4 is 29.9 Å². The van der Waals surface area contributed by atoms with Gasteiger partial charge in [0.15, 0.2) is 8.24 Å². The first-order valence-corrected chi connectivity index (χ1v) is 14.1.